The number of carbonyl (C=O) groups excluding carboxylic acids is 1. The summed E-state index contributed by atoms with van der Waals surface area (Å²) >= 11 is 0. The third-order valence-electron chi connectivity index (χ3n) is 4.55. The molecule has 1 amide bonds. The number of anilines is 1. The number of piperidine rings is 1. The van der Waals surface area contributed by atoms with E-state index in [-0.39, 0.29) is 23.4 Å². The minimum atomic E-state index is -0.195. The third-order valence-corrected chi connectivity index (χ3v) is 4.55. The summed E-state index contributed by atoms with van der Waals surface area (Å²) in [5.41, 5.74) is 1.67. The fourth-order valence-corrected chi connectivity index (χ4v) is 3.04. The Labute approximate surface area is 140 Å². The second-order valence-electron chi connectivity index (χ2n) is 6.21. The van der Waals surface area contributed by atoms with E-state index < -0.39 is 0 Å². The first kappa shape index (κ1) is 16.2. The Morgan fingerprint density at radius 3 is 2.67 bits per heavy atom. The summed E-state index contributed by atoms with van der Waals surface area (Å²) in [6.07, 6.45) is 3.39. The van der Waals surface area contributed by atoms with Gasteiger partial charge in [-0.15, -0.1) is 0 Å². The van der Waals surface area contributed by atoms with Crippen LogP contribution in [0.3, 0.4) is 0 Å². The average molecular weight is 326 g/mol. The zero-order valence-corrected chi connectivity index (χ0v) is 13.7. The predicted octanol–water partition coefficient (Wildman–Crippen LogP) is 1.66. The number of aromatic amines is 1. The van der Waals surface area contributed by atoms with Gasteiger partial charge in [-0.3, -0.25) is 9.59 Å². The van der Waals surface area contributed by atoms with Crippen molar-refractivity contribution in [2.75, 3.05) is 18.0 Å². The molecule has 1 aliphatic heterocycles. The molecule has 6 heteroatoms. The maximum Gasteiger partial charge on any atom is 0.266 e. The van der Waals surface area contributed by atoms with Gasteiger partial charge in [0.25, 0.3) is 5.56 Å². The molecule has 1 aromatic carbocycles. The van der Waals surface area contributed by atoms with E-state index in [4.69, 9.17) is 0 Å². The second-order valence-corrected chi connectivity index (χ2v) is 6.21. The minimum Gasteiger partial charge on any atom is -0.370 e. The summed E-state index contributed by atoms with van der Waals surface area (Å²) in [4.78, 5) is 25.9. The molecular formula is C18H22N4O2. The van der Waals surface area contributed by atoms with Crippen LogP contribution in [0.15, 0.2) is 47.4 Å². The van der Waals surface area contributed by atoms with Crippen molar-refractivity contribution >= 4 is 11.6 Å². The highest BCUT2D eigenvalue weighted by atomic mass is 16.2. The van der Waals surface area contributed by atoms with Gasteiger partial charge >= 0.3 is 0 Å². The standard InChI is InChI=1S/C18H22N4O2/c1-13(14-5-3-2-4-6-14)18(24)20-15-7-9-22(10-8-15)16-11-17(23)21-19-12-16/h2-6,11-13,15H,7-10H2,1H3,(H,20,24)(H,21,23). The van der Waals surface area contributed by atoms with Crippen molar-refractivity contribution in [1.82, 2.24) is 15.5 Å². The molecule has 6 nitrogen and oxygen atoms in total. The van der Waals surface area contributed by atoms with E-state index in [2.05, 4.69) is 20.4 Å². The molecule has 1 unspecified atom stereocenters. The van der Waals surface area contributed by atoms with Crippen LogP contribution in [-0.2, 0) is 4.79 Å². The quantitative estimate of drug-likeness (QED) is 0.896. The normalized spacial score (nSPS) is 16.6. The molecule has 24 heavy (non-hydrogen) atoms. The number of nitrogens with zero attached hydrogens (tertiary/aromatic N) is 2. The number of aromatic nitrogens is 2. The Balaban J connectivity index is 1.54. The molecule has 0 aliphatic carbocycles. The minimum absolute atomic E-state index is 0.0671. The third kappa shape index (κ3) is 3.82. The maximum absolute atomic E-state index is 12.4. The second kappa shape index (κ2) is 7.29. The monoisotopic (exact) mass is 326 g/mol. The molecule has 1 aliphatic rings. The van der Waals surface area contributed by atoms with Crippen LogP contribution < -0.4 is 15.8 Å². The first-order valence-electron chi connectivity index (χ1n) is 8.28. The molecule has 2 aromatic rings. The smallest absolute Gasteiger partial charge is 0.266 e. The molecule has 0 bridgehead atoms. The van der Waals surface area contributed by atoms with Crippen molar-refractivity contribution in [3.8, 4) is 0 Å². The Bertz CT molecular complexity index is 736. The van der Waals surface area contributed by atoms with E-state index in [0.29, 0.717) is 0 Å². The summed E-state index contributed by atoms with van der Waals surface area (Å²) in [7, 11) is 0. The van der Waals surface area contributed by atoms with Crippen LogP contribution in [0.5, 0.6) is 0 Å². The van der Waals surface area contributed by atoms with Crippen molar-refractivity contribution in [2.24, 2.45) is 0 Å². The van der Waals surface area contributed by atoms with Gasteiger partial charge in [0.2, 0.25) is 5.91 Å². The Hall–Kier alpha value is -2.63. The Kier molecular flexibility index (Phi) is 4.93. The van der Waals surface area contributed by atoms with E-state index in [1.54, 1.807) is 12.3 Å². The molecule has 3 rings (SSSR count). The topological polar surface area (TPSA) is 78.1 Å². The molecule has 1 saturated heterocycles. The average Bonchev–Trinajstić information content (AvgIpc) is 2.62. The lowest BCUT2D eigenvalue weighted by molar-refractivity contribution is -0.123. The number of carbonyl (C=O) groups is 1. The lowest BCUT2D eigenvalue weighted by atomic mass is 9.98. The molecule has 126 valence electrons. The molecule has 2 N–H and O–H groups in total. The fraction of sp³-hybridized carbons (Fsp3) is 0.389. The number of nitrogens with one attached hydrogen (secondary N) is 2. The zero-order chi connectivity index (χ0) is 16.9. The highest BCUT2D eigenvalue weighted by Gasteiger charge is 2.23. The van der Waals surface area contributed by atoms with Crippen LogP contribution in [0.2, 0.25) is 0 Å². The molecule has 0 radical (unpaired) electrons. The van der Waals surface area contributed by atoms with Crippen molar-refractivity contribution in [2.45, 2.75) is 31.7 Å². The van der Waals surface area contributed by atoms with Gasteiger partial charge in [0, 0.05) is 25.2 Å². The highest BCUT2D eigenvalue weighted by molar-refractivity contribution is 5.83. The fourth-order valence-electron chi connectivity index (χ4n) is 3.04. The highest BCUT2D eigenvalue weighted by Crippen LogP contribution is 2.19. The molecule has 1 aromatic heterocycles. The zero-order valence-electron chi connectivity index (χ0n) is 13.7. The van der Waals surface area contributed by atoms with Gasteiger partial charge in [0.1, 0.15) is 0 Å². The van der Waals surface area contributed by atoms with Crippen molar-refractivity contribution in [3.05, 3.63) is 58.5 Å². The van der Waals surface area contributed by atoms with Crippen molar-refractivity contribution < 1.29 is 4.79 Å². The van der Waals surface area contributed by atoms with Gasteiger partial charge in [-0.1, -0.05) is 30.3 Å². The first-order valence-corrected chi connectivity index (χ1v) is 8.28. The van der Waals surface area contributed by atoms with Gasteiger partial charge in [0.05, 0.1) is 17.8 Å². The summed E-state index contributed by atoms with van der Waals surface area (Å²) < 4.78 is 0. The van der Waals surface area contributed by atoms with Crippen LogP contribution in [-0.4, -0.2) is 35.2 Å². The number of amides is 1. The molecule has 0 spiro atoms. The molecular weight excluding hydrogens is 304 g/mol. The summed E-state index contributed by atoms with van der Waals surface area (Å²) in [6.45, 7) is 3.54. The number of H-pyrrole nitrogens is 1. The molecule has 0 saturated carbocycles. The lowest BCUT2D eigenvalue weighted by Crippen LogP contribution is -2.46. The summed E-state index contributed by atoms with van der Waals surface area (Å²) in [5.74, 6) is -0.0846. The molecule has 1 fully saturated rings. The summed E-state index contributed by atoms with van der Waals surface area (Å²) in [5, 5.41) is 9.37. The largest absolute Gasteiger partial charge is 0.370 e. The number of benzene rings is 1. The van der Waals surface area contributed by atoms with Gasteiger partial charge in [-0.2, -0.15) is 5.10 Å². The number of hydrogen-bond acceptors (Lipinski definition) is 4. The van der Waals surface area contributed by atoms with E-state index >= 15 is 0 Å². The Morgan fingerprint density at radius 2 is 2.00 bits per heavy atom. The van der Waals surface area contributed by atoms with E-state index in [9.17, 15) is 9.59 Å². The van der Waals surface area contributed by atoms with Gasteiger partial charge in [-0.25, -0.2) is 5.10 Å². The molecule has 2 heterocycles. The van der Waals surface area contributed by atoms with Crippen LogP contribution in [0.4, 0.5) is 5.69 Å². The van der Waals surface area contributed by atoms with Crippen LogP contribution in [0, 0.1) is 0 Å². The lowest BCUT2D eigenvalue weighted by Gasteiger charge is -2.34. The van der Waals surface area contributed by atoms with E-state index in [1.165, 1.54) is 0 Å². The Morgan fingerprint density at radius 1 is 1.29 bits per heavy atom. The number of rotatable bonds is 4. The van der Waals surface area contributed by atoms with E-state index in [0.717, 1.165) is 37.2 Å². The SMILES string of the molecule is CC(C(=O)NC1CCN(c2cn[nH]c(=O)c2)CC1)c1ccccc1. The van der Waals surface area contributed by atoms with Crippen molar-refractivity contribution in [1.29, 1.82) is 0 Å². The molecule has 1 atom stereocenters. The predicted molar refractivity (Wildman–Crippen MR) is 93.1 cm³/mol. The van der Waals surface area contributed by atoms with Gasteiger partial charge in [-0.05, 0) is 25.3 Å². The van der Waals surface area contributed by atoms with Crippen LogP contribution >= 0.6 is 0 Å². The first-order chi connectivity index (χ1) is 11.6. The van der Waals surface area contributed by atoms with Gasteiger partial charge < -0.3 is 10.2 Å². The number of hydrogen-bond donors (Lipinski definition) is 2. The van der Waals surface area contributed by atoms with Gasteiger partial charge in [0.15, 0.2) is 0 Å². The van der Waals surface area contributed by atoms with Crippen LogP contribution in [0.1, 0.15) is 31.2 Å². The van der Waals surface area contributed by atoms with Crippen LogP contribution in [0.25, 0.3) is 0 Å². The maximum atomic E-state index is 12.4. The van der Waals surface area contributed by atoms with Crippen molar-refractivity contribution in [3.63, 3.8) is 0 Å². The van der Waals surface area contributed by atoms with E-state index in [1.807, 2.05) is 37.3 Å². The summed E-state index contributed by atoms with van der Waals surface area (Å²) in [6, 6.07) is 11.5.